The van der Waals surface area contributed by atoms with E-state index in [1.807, 2.05) is 54.6 Å². The molecule has 0 aliphatic rings. The summed E-state index contributed by atoms with van der Waals surface area (Å²) in [5.41, 5.74) is 2.35. The minimum absolute atomic E-state index is 0.163. The van der Waals surface area contributed by atoms with Crippen LogP contribution in [0.1, 0.15) is 21.5 Å². The van der Waals surface area contributed by atoms with Gasteiger partial charge < -0.3 is 19.7 Å². The van der Waals surface area contributed by atoms with Crippen molar-refractivity contribution in [3.05, 3.63) is 95.6 Å². The molecule has 31 heavy (non-hydrogen) atoms. The van der Waals surface area contributed by atoms with E-state index >= 15 is 0 Å². The molecule has 0 atom stereocenters. The third-order valence-corrected chi connectivity index (χ3v) is 4.76. The Bertz CT molecular complexity index is 1020. The SMILES string of the molecule is COc1cccc(CN(C)C(=O)COc2ccccc2C(=O)NCc2ccccc2)c1. The van der Waals surface area contributed by atoms with Gasteiger partial charge in [-0.05, 0) is 35.4 Å². The van der Waals surface area contributed by atoms with Crippen LogP contribution in [0.5, 0.6) is 11.5 Å². The van der Waals surface area contributed by atoms with Gasteiger partial charge in [-0.1, -0.05) is 54.6 Å². The maximum absolute atomic E-state index is 12.6. The Hall–Kier alpha value is -3.80. The number of ether oxygens (including phenoxy) is 2. The lowest BCUT2D eigenvalue weighted by atomic mass is 10.1. The lowest BCUT2D eigenvalue weighted by molar-refractivity contribution is -0.132. The van der Waals surface area contributed by atoms with Gasteiger partial charge in [0.2, 0.25) is 0 Å². The molecule has 0 heterocycles. The smallest absolute Gasteiger partial charge is 0.260 e. The summed E-state index contributed by atoms with van der Waals surface area (Å²) in [7, 11) is 3.32. The normalized spacial score (nSPS) is 10.3. The molecule has 0 aromatic heterocycles. The number of benzene rings is 3. The second-order valence-corrected chi connectivity index (χ2v) is 7.05. The van der Waals surface area contributed by atoms with Crippen molar-refractivity contribution < 1.29 is 19.1 Å². The summed E-state index contributed by atoms with van der Waals surface area (Å²) in [4.78, 5) is 26.7. The van der Waals surface area contributed by atoms with Crippen molar-refractivity contribution in [3.63, 3.8) is 0 Å². The maximum atomic E-state index is 12.6. The van der Waals surface area contributed by atoms with E-state index in [0.29, 0.717) is 24.4 Å². The number of carbonyl (C=O) groups is 2. The number of para-hydroxylation sites is 1. The van der Waals surface area contributed by atoms with E-state index in [-0.39, 0.29) is 18.4 Å². The van der Waals surface area contributed by atoms with Crippen LogP contribution >= 0.6 is 0 Å². The van der Waals surface area contributed by atoms with Gasteiger partial charge in [0, 0.05) is 20.1 Å². The molecule has 160 valence electrons. The van der Waals surface area contributed by atoms with Crippen LogP contribution < -0.4 is 14.8 Å². The lowest BCUT2D eigenvalue weighted by Gasteiger charge is -2.18. The highest BCUT2D eigenvalue weighted by molar-refractivity contribution is 5.97. The van der Waals surface area contributed by atoms with E-state index < -0.39 is 0 Å². The minimum atomic E-state index is -0.253. The molecule has 6 heteroatoms. The summed E-state index contributed by atoms with van der Waals surface area (Å²) in [5.74, 6) is 0.667. The van der Waals surface area contributed by atoms with Crippen molar-refractivity contribution in [1.29, 1.82) is 0 Å². The fourth-order valence-corrected chi connectivity index (χ4v) is 3.04. The van der Waals surface area contributed by atoms with Gasteiger partial charge in [-0.25, -0.2) is 0 Å². The third-order valence-electron chi connectivity index (χ3n) is 4.76. The van der Waals surface area contributed by atoms with Crippen LogP contribution in [0.2, 0.25) is 0 Å². The van der Waals surface area contributed by atoms with Crippen molar-refractivity contribution in [2.24, 2.45) is 0 Å². The maximum Gasteiger partial charge on any atom is 0.260 e. The summed E-state index contributed by atoms with van der Waals surface area (Å²) in [6.07, 6.45) is 0. The van der Waals surface area contributed by atoms with Gasteiger partial charge in [0.15, 0.2) is 6.61 Å². The zero-order valence-corrected chi connectivity index (χ0v) is 17.7. The van der Waals surface area contributed by atoms with E-state index in [1.54, 1.807) is 43.3 Å². The van der Waals surface area contributed by atoms with Crippen LogP contribution in [0.15, 0.2) is 78.9 Å². The van der Waals surface area contributed by atoms with Crippen molar-refractivity contribution in [2.45, 2.75) is 13.1 Å². The molecule has 0 bridgehead atoms. The predicted octanol–water partition coefficient (Wildman–Crippen LogP) is 3.66. The van der Waals surface area contributed by atoms with Crippen molar-refractivity contribution in [1.82, 2.24) is 10.2 Å². The molecule has 0 aliphatic heterocycles. The van der Waals surface area contributed by atoms with Crippen LogP contribution in [-0.4, -0.2) is 37.5 Å². The van der Waals surface area contributed by atoms with Gasteiger partial charge >= 0.3 is 0 Å². The van der Waals surface area contributed by atoms with Gasteiger partial charge in [-0.3, -0.25) is 9.59 Å². The number of amides is 2. The highest BCUT2D eigenvalue weighted by atomic mass is 16.5. The first kappa shape index (κ1) is 21.9. The lowest BCUT2D eigenvalue weighted by Crippen LogP contribution is -2.31. The van der Waals surface area contributed by atoms with Gasteiger partial charge in [0.25, 0.3) is 11.8 Å². The standard InChI is InChI=1S/C25H26N2O4/c1-27(17-20-11-8-12-21(15-20)30-2)24(28)18-31-23-14-7-6-13-22(23)25(29)26-16-19-9-4-3-5-10-19/h3-15H,16-18H2,1-2H3,(H,26,29). The highest BCUT2D eigenvalue weighted by Crippen LogP contribution is 2.19. The third kappa shape index (κ3) is 6.34. The molecule has 1 N–H and O–H groups in total. The summed E-state index contributed by atoms with van der Waals surface area (Å²) < 4.78 is 10.9. The molecule has 0 saturated heterocycles. The van der Waals surface area contributed by atoms with Gasteiger partial charge in [0.05, 0.1) is 12.7 Å². The molecule has 0 saturated carbocycles. The molecule has 3 rings (SSSR count). The second kappa shape index (κ2) is 10.8. The molecule has 0 unspecified atom stereocenters. The summed E-state index contributed by atoms with van der Waals surface area (Å²) >= 11 is 0. The monoisotopic (exact) mass is 418 g/mol. The molecule has 6 nitrogen and oxygen atoms in total. The fourth-order valence-electron chi connectivity index (χ4n) is 3.04. The number of hydrogen-bond donors (Lipinski definition) is 1. The van der Waals surface area contributed by atoms with Gasteiger partial charge in [-0.15, -0.1) is 0 Å². The number of rotatable bonds is 9. The fraction of sp³-hybridized carbons (Fsp3) is 0.200. The van der Waals surface area contributed by atoms with Crippen molar-refractivity contribution in [3.8, 4) is 11.5 Å². The van der Waals surface area contributed by atoms with Crippen LogP contribution in [-0.2, 0) is 17.9 Å². The van der Waals surface area contributed by atoms with E-state index in [1.165, 1.54) is 0 Å². The van der Waals surface area contributed by atoms with Crippen molar-refractivity contribution >= 4 is 11.8 Å². The van der Waals surface area contributed by atoms with Crippen LogP contribution in [0.25, 0.3) is 0 Å². The van der Waals surface area contributed by atoms with E-state index in [2.05, 4.69) is 5.32 Å². The van der Waals surface area contributed by atoms with E-state index in [4.69, 9.17) is 9.47 Å². The summed E-state index contributed by atoms with van der Waals surface area (Å²) in [6, 6.07) is 24.1. The summed E-state index contributed by atoms with van der Waals surface area (Å²) in [5, 5.41) is 2.88. The average Bonchev–Trinajstić information content (AvgIpc) is 2.82. The highest BCUT2D eigenvalue weighted by Gasteiger charge is 2.15. The van der Waals surface area contributed by atoms with Crippen LogP contribution in [0, 0.1) is 0 Å². The first-order chi connectivity index (χ1) is 15.1. The Morgan fingerprint density at radius 3 is 2.39 bits per heavy atom. The van der Waals surface area contributed by atoms with Crippen LogP contribution in [0.4, 0.5) is 0 Å². The molecule has 0 radical (unpaired) electrons. The van der Waals surface area contributed by atoms with Gasteiger partial charge in [0.1, 0.15) is 11.5 Å². The van der Waals surface area contributed by atoms with Crippen LogP contribution in [0.3, 0.4) is 0 Å². The molecule has 0 aliphatic carbocycles. The number of methoxy groups -OCH3 is 1. The zero-order valence-electron chi connectivity index (χ0n) is 17.7. The molecule has 2 amide bonds. The quantitative estimate of drug-likeness (QED) is 0.576. The molecular weight excluding hydrogens is 392 g/mol. The second-order valence-electron chi connectivity index (χ2n) is 7.05. The average molecular weight is 418 g/mol. The number of nitrogens with zero attached hydrogens (tertiary/aromatic N) is 1. The first-order valence-electron chi connectivity index (χ1n) is 9.97. The van der Waals surface area contributed by atoms with E-state index in [0.717, 1.165) is 16.9 Å². The Morgan fingerprint density at radius 2 is 1.61 bits per heavy atom. The Morgan fingerprint density at radius 1 is 0.903 bits per heavy atom. The molecule has 3 aromatic carbocycles. The largest absolute Gasteiger partial charge is 0.497 e. The number of likely N-dealkylation sites (N-methyl/N-ethyl adjacent to an activating group) is 1. The predicted molar refractivity (Wildman–Crippen MR) is 119 cm³/mol. The van der Waals surface area contributed by atoms with Crippen molar-refractivity contribution in [2.75, 3.05) is 20.8 Å². The van der Waals surface area contributed by atoms with Gasteiger partial charge in [-0.2, -0.15) is 0 Å². The Balaban J connectivity index is 1.57. The number of hydrogen-bond acceptors (Lipinski definition) is 4. The Kier molecular flexibility index (Phi) is 7.65. The summed E-state index contributed by atoms with van der Waals surface area (Å²) in [6.45, 7) is 0.679. The molecular formula is C25H26N2O4. The molecule has 3 aromatic rings. The zero-order chi connectivity index (χ0) is 22.1. The topological polar surface area (TPSA) is 67.9 Å². The minimum Gasteiger partial charge on any atom is -0.497 e. The van der Waals surface area contributed by atoms with E-state index in [9.17, 15) is 9.59 Å². The first-order valence-corrected chi connectivity index (χ1v) is 9.97. The molecule has 0 spiro atoms. The molecule has 0 fully saturated rings. The number of nitrogens with one attached hydrogen (secondary N) is 1. The number of carbonyl (C=O) groups excluding carboxylic acids is 2. The Labute approximate surface area is 182 Å².